The van der Waals surface area contributed by atoms with Crippen LogP contribution in [-0.2, 0) is 14.3 Å². The van der Waals surface area contributed by atoms with Crippen LogP contribution in [0.2, 0.25) is 0 Å². The highest BCUT2D eigenvalue weighted by atomic mass is 16.5. The molecule has 5 nitrogen and oxygen atoms in total. The molecule has 0 aromatic carbocycles. The van der Waals surface area contributed by atoms with E-state index < -0.39 is 23.4 Å². The predicted molar refractivity (Wildman–Crippen MR) is 62.4 cm³/mol. The summed E-state index contributed by atoms with van der Waals surface area (Å²) in [5.74, 6) is -2.26. The second-order valence-corrected chi connectivity index (χ2v) is 4.66. The molecule has 2 atom stereocenters. The van der Waals surface area contributed by atoms with Gasteiger partial charge in [0.25, 0.3) is 0 Å². The molecule has 0 radical (unpaired) electrons. The van der Waals surface area contributed by atoms with Gasteiger partial charge >= 0.3 is 11.9 Å². The number of ether oxygens (including phenoxy) is 1. The lowest BCUT2D eigenvalue weighted by atomic mass is 9.73. The molecule has 2 unspecified atom stereocenters. The lowest BCUT2D eigenvalue weighted by molar-refractivity contribution is -0.161. The molecule has 0 heterocycles. The minimum absolute atomic E-state index is 0.343. The largest absolute Gasteiger partial charge is 0.480 e. The third-order valence-electron chi connectivity index (χ3n) is 3.38. The van der Waals surface area contributed by atoms with Gasteiger partial charge in [0.15, 0.2) is 0 Å². The molecule has 1 fully saturated rings. The van der Waals surface area contributed by atoms with Crippen molar-refractivity contribution in [3.8, 4) is 0 Å². The van der Waals surface area contributed by atoms with Gasteiger partial charge in [-0.05, 0) is 19.3 Å². The average Bonchev–Trinajstić information content (AvgIpc) is 2.29. The van der Waals surface area contributed by atoms with E-state index in [4.69, 9.17) is 15.6 Å². The van der Waals surface area contributed by atoms with Crippen LogP contribution in [0.1, 0.15) is 45.4 Å². The van der Waals surface area contributed by atoms with Crippen LogP contribution in [0.3, 0.4) is 0 Å². The Morgan fingerprint density at radius 1 is 1.47 bits per heavy atom. The second-order valence-electron chi connectivity index (χ2n) is 4.66. The Kier molecular flexibility index (Phi) is 4.93. The fourth-order valence-electron chi connectivity index (χ4n) is 2.20. The van der Waals surface area contributed by atoms with Crippen LogP contribution in [-0.4, -0.2) is 29.2 Å². The minimum Gasteiger partial charge on any atom is -0.480 e. The highest BCUT2D eigenvalue weighted by Crippen LogP contribution is 2.33. The third kappa shape index (κ3) is 3.19. The molecule has 0 aromatic heterocycles. The number of nitrogens with two attached hydrogens (primary N) is 1. The van der Waals surface area contributed by atoms with Crippen LogP contribution >= 0.6 is 0 Å². The Morgan fingerprint density at radius 3 is 2.76 bits per heavy atom. The number of hydrogen-bond acceptors (Lipinski definition) is 4. The summed E-state index contributed by atoms with van der Waals surface area (Å²) in [5.41, 5.74) is 4.41. The smallest absolute Gasteiger partial charge is 0.324 e. The summed E-state index contributed by atoms with van der Waals surface area (Å²) in [4.78, 5) is 23.0. The maximum Gasteiger partial charge on any atom is 0.324 e. The topological polar surface area (TPSA) is 89.6 Å². The van der Waals surface area contributed by atoms with Gasteiger partial charge < -0.3 is 15.6 Å². The predicted octanol–water partition coefficient (Wildman–Crippen LogP) is 1.30. The SMILES string of the molecule is CCCCOC(=O)C1CCCCC1(N)C(=O)O. The van der Waals surface area contributed by atoms with Gasteiger partial charge in [-0.25, -0.2) is 0 Å². The van der Waals surface area contributed by atoms with Crippen molar-refractivity contribution >= 4 is 11.9 Å². The van der Waals surface area contributed by atoms with Gasteiger partial charge in [0, 0.05) is 0 Å². The zero-order chi connectivity index (χ0) is 12.9. The summed E-state index contributed by atoms with van der Waals surface area (Å²) >= 11 is 0. The molecule has 0 amide bonds. The van der Waals surface area contributed by atoms with E-state index in [-0.39, 0.29) is 0 Å². The fraction of sp³-hybridized carbons (Fsp3) is 0.833. The van der Waals surface area contributed by atoms with Crippen LogP contribution in [0.15, 0.2) is 0 Å². The van der Waals surface area contributed by atoms with Gasteiger partial charge in [-0.3, -0.25) is 9.59 Å². The molecule has 98 valence electrons. The molecule has 1 aliphatic carbocycles. The van der Waals surface area contributed by atoms with Crippen molar-refractivity contribution in [2.24, 2.45) is 11.7 Å². The van der Waals surface area contributed by atoms with Crippen molar-refractivity contribution in [2.75, 3.05) is 6.61 Å². The number of carbonyl (C=O) groups excluding carboxylic acids is 1. The van der Waals surface area contributed by atoms with Gasteiger partial charge in [-0.2, -0.15) is 0 Å². The quantitative estimate of drug-likeness (QED) is 0.561. The van der Waals surface area contributed by atoms with Crippen molar-refractivity contribution in [1.82, 2.24) is 0 Å². The number of unbranched alkanes of at least 4 members (excludes halogenated alkanes) is 1. The van der Waals surface area contributed by atoms with E-state index >= 15 is 0 Å². The molecule has 3 N–H and O–H groups in total. The number of carboxylic acid groups (broad SMARTS) is 1. The van der Waals surface area contributed by atoms with Crippen LogP contribution in [0.25, 0.3) is 0 Å². The number of carboxylic acids is 1. The highest BCUT2D eigenvalue weighted by Gasteiger charge is 2.48. The Bertz CT molecular complexity index is 292. The van der Waals surface area contributed by atoms with Crippen molar-refractivity contribution in [1.29, 1.82) is 0 Å². The summed E-state index contributed by atoms with van der Waals surface area (Å²) in [5, 5.41) is 9.16. The van der Waals surface area contributed by atoms with E-state index in [2.05, 4.69) is 0 Å². The number of aliphatic carboxylic acids is 1. The summed E-state index contributed by atoms with van der Waals surface area (Å²) in [6, 6.07) is 0. The van der Waals surface area contributed by atoms with Crippen molar-refractivity contribution in [3.63, 3.8) is 0 Å². The van der Waals surface area contributed by atoms with E-state index in [0.717, 1.165) is 25.7 Å². The number of rotatable bonds is 5. The first kappa shape index (κ1) is 14.0. The summed E-state index contributed by atoms with van der Waals surface area (Å²) in [6.07, 6.45) is 4.17. The van der Waals surface area contributed by atoms with Crippen LogP contribution in [0, 0.1) is 5.92 Å². The molecule has 0 aliphatic heterocycles. The molecular formula is C12H21NO4. The van der Waals surface area contributed by atoms with Gasteiger partial charge in [0.1, 0.15) is 5.54 Å². The number of carbonyl (C=O) groups is 2. The monoisotopic (exact) mass is 243 g/mol. The van der Waals surface area contributed by atoms with E-state index in [0.29, 0.717) is 19.4 Å². The van der Waals surface area contributed by atoms with Crippen molar-refractivity contribution in [3.05, 3.63) is 0 Å². The van der Waals surface area contributed by atoms with E-state index in [1.807, 2.05) is 6.92 Å². The maximum absolute atomic E-state index is 11.8. The molecule has 0 saturated heterocycles. The van der Waals surface area contributed by atoms with Gasteiger partial charge in [0.2, 0.25) is 0 Å². The summed E-state index contributed by atoms with van der Waals surface area (Å²) in [7, 11) is 0. The van der Waals surface area contributed by atoms with Crippen LogP contribution in [0.5, 0.6) is 0 Å². The Hall–Kier alpha value is -1.10. The fourth-order valence-corrected chi connectivity index (χ4v) is 2.20. The normalized spacial score (nSPS) is 28.7. The lowest BCUT2D eigenvalue weighted by Gasteiger charge is -2.35. The zero-order valence-corrected chi connectivity index (χ0v) is 10.3. The molecule has 1 aliphatic rings. The Balaban J connectivity index is 2.65. The van der Waals surface area contributed by atoms with Gasteiger partial charge in [0.05, 0.1) is 12.5 Å². The van der Waals surface area contributed by atoms with Crippen LogP contribution < -0.4 is 5.73 Å². The molecule has 17 heavy (non-hydrogen) atoms. The van der Waals surface area contributed by atoms with Gasteiger partial charge in [-0.15, -0.1) is 0 Å². The maximum atomic E-state index is 11.8. The Morgan fingerprint density at radius 2 is 2.18 bits per heavy atom. The minimum atomic E-state index is -1.44. The van der Waals surface area contributed by atoms with E-state index in [1.54, 1.807) is 0 Å². The first-order valence-corrected chi connectivity index (χ1v) is 6.21. The van der Waals surface area contributed by atoms with E-state index in [9.17, 15) is 9.59 Å². The lowest BCUT2D eigenvalue weighted by Crippen LogP contribution is -2.58. The summed E-state index contributed by atoms with van der Waals surface area (Å²) in [6.45, 7) is 2.35. The average molecular weight is 243 g/mol. The first-order chi connectivity index (χ1) is 8.02. The standard InChI is InChI=1S/C12H21NO4/c1-2-3-8-17-10(14)9-6-4-5-7-12(9,13)11(15)16/h9H,2-8,13H2,1H3,(H,15,16). The number of hydrogen-bond donors (Lipinski definition) is 2. The van der Waals surface area contributed by atoms with Crippen LogP contribution in [0.4, 0.5) is 0 Å². The van der Waals surface area contributed by atoms with E-state index in [1.165, 1.54) is 0 Å². The highest BCUT2D eigenvalue weighted by molar-refractivity contribution is 5.87. The first-order valence-electron chi connectivity index (χ1n) is 6.21. The molecule has 1 saturated carbocycles. The third-order valence-corrected chi connectivity index (χ3v) is 3.38. The molecule has 5 heteroatoms. The Labute approximate surface area is 101 Å². The van der Waals surface area contributed by atoms with Crippen molar-refractivity contribution < 1.29 is 19.4 Å². The second kappa shape index (κ2) is 6.00. The van der Waals surface area contributed by atoms with Gasteiger partial charge in [-0.1, -0.05) is 26.2 Å². The van der Waals surface area contributed by atoms with Crippen molar-refractivity contribution in [2.45, 2.75) is 51.0 Å². The molecular weight excluding hydrogens is 222 g/mol. The number of esters is 1. The summed E-state index contributed by atoms with van der Waals surface area (Å²) < 4.78 is 5.09. The molecule has 0 aromatic rings. The molecule has 1 rings (SSSR count). The molecule has 0 bridgehead atoms. The zero-order valence-electron chi connectivity index (χ0n) is 10.3. The molecule has 0 spiro atoms.